The highest BCUT2D eigenvalue weighted by Gasteiger charge is 2.25. The Labute approximate surface area is 171 Å². The second-order valence-electron chi connectivity index (χ2n) is 5.48. The number of nitrogens with one attached hydrogen (secondary N) is 1. The molecule has 0 saturated heterocycles. The molecular weight excluding hydrogens is 479 g/mol. The van der Waals surface area contributed by atoms with Gasteiger partial charge in [0.2, 0.25) is 0 Å². The van der Waals surface area contributed by atoms with Crippen LogP contribution in [0.4, 0.5) is 10.1 Å². The molecule has 1 aromatic heterocycles. The Bertz CT molecular complexity index is 1040. The van der Waals surface area contributed by atoms with Crippen LogP contribution in [0.15, 0.2) is 49.1 Å². The third kappa shape index (κ3) is 4.70. The Morgan fingerprint density at radius 3 is 2.96 bits per heavy atom. The lowest BCUT2D eigenvalue weighted by atomic mass is 10.3. The predicted octanol–water partition coefficient (Wildman–Crippen LogP) is 1.91. The predicted molar refractivity (Wildman–Crippen MR) is 103 cm³/mol. The van der Waals surface area contributed by atoms with Crippen LogP contribution in [0.2, 0.25) is 0 Å². The third-order valence-corrected chi connectivity index (χ3v) is 6.25. The van der Waals surface area contributed by atoms with E-state index in [9.17, 15) is 18.0 Å². The van der Waals surface area contributed by atoms with Gasteiger partial charge in [0.25, 0.3) is 10.2 Å². The number of thioether (sulfide) groups is 1. The highest BCUT2D eigenvalue weighted by atomic mass is 79.9. The first-order valence-electron chi connectivity index (χ1n) is 7.68. The van der Waals surface area contributed by atoms with Crippen molar-refractivity contribution in [1.29, 1.82) is 0 Å². The molecule has 0 fully saturated rings. The van der Waals surface area contributed by atoms with Crippen LogP contribution in [-0.2, 0) is 10.2 Å². The van der Waals surface area contributed by atoms with Crippen molar-refractivity contribution >= 4 is 49.4 Å². The number of hydrogen-bond donors (Lipinski definition) is 3. The Morgan fingerprint density at radius 1 is 1.50 bits per heavy atom. The van der Waals surface area contributed by atoms with Gasteiger partial charge in [-0.05, 0) is 50.9 Å². The van der Waals surface area contributed by atoms with E-state index in [1.807, 2.05) is 5.48 Å². The molecule has 1 aliphatic rings. The average molecular weight is 493 g/mol. The summed E-state index contributed by atoms with van der Waals surface area (Å²) in [5.74, 6) is -0.301. The fourth-order valence-corrected chi connectivity index (χ4v) is 4.58. The van der Waals surface area contributed by atoms with E-state index >= 15 is 0 Å². The highest BCUT2D eigenvalue weighted by molar-refractivity contribution is 9.10. The number of amidine groups is 1. The van der Waals surface area contributed by atoms with E-state index in [0.717, 1.165) is 16.1 Å². The van der Waals surface area contributed by atoms with Crippen LogP contribution in [0.1, 0.15) is 12.1 Å². The van der Waals surface area contributed by atoms with E-state index in [0.29, 0.717) is 17.8 Å². The van der Waals surface area contributed by atoms with E-state index < -0.39 is 16.0 Å². The molecule has 0 saturated carbocycles. The van der Waals surface area contributed by atoms with Gasteiger partial charge in [0.15, 0.2) is 16.6 Å². The first-order chi connectivity index (χ1) is 13.3. The first kappa shape index (κ1) is 20.7. The van der Waals surface area contributed by atoms with Gasteiger partial charge in [0.1, 0.15) is 5.82 Å². The summed E-state index contributed by atoms with van der Waals surface area (Å²) in [6.45, 7) is 0.281. The molecule has 0 spiro atoms. The number of nitrogens with zero attached hydrogens (tertiary/aromatic N) is 4. The Balaban J connectivity index is 1.80. The summed E-state index contributed by atoms with van der Waals surface area (Å²) in [7, 11) is -3.84. The molecule has 0 amide bonds. The van der Waals surface area contributed by atoms with Crippen LogP contribution in [0.25, 0.3) is 0 Å². The standard InChI is InChI=1S/C14H14BrFN6O4S2/c15-10-6-8(3-4-11(10)16)18-13(19-23)12-14(21-26-20-12)27-7-9-2-1-5-22(9)28(17,24)25/h2-4,6,23H,1,5,7H2,(H,18,19)(H2,17,24,25). The van der Waals surface area contributed by atoms with Gasteiger partial charge in [-0.2, -0.15) is 8.42 Å². The quantitative estimate of drug-likeness (QED) is 0.239. The maximum absolute atomic E-state index is 13.4. The van der Waals surface area contributed by atoms with E-state index in [1.165, 1.54) is 18.2 Å². The van der Waals surface area contributed by atoms with Gasteiger partial charge in [0.05, 0.1) is 10.2 Å². The third-order valence-electron chi connectivity index (χ3n) is 3.63. The summed E-state index contributed by atoms with van der Waals surface area (Å²) >= 11 is 4.19. The van der Waals surface area contributed by atoms with Crippen LogP contribution >= 0.6 is 27.7 Å². The lowest BCUT2D eigenvalue weighted by Crippen LogP contribution is -2.34. The maximum atomic E-state index is 13.4. The van der Waals surface area contributed by atoms with Crippen molar-refractivity contribution in [2.75, 3.05) is 12.3 Å². The zero-order valence-corrected chi connectivity index (χ0v) is 17.3. The van der Waals surface area contributed by atoms with Crippen LogP contribution in [0.3, 0.4) is 0 Å². The second kappa shape index (κ2) is 8.57. The average Bonchev–Trinajstić information content (AvgIpc) is 3.29. The summed E-state index contributed by atoms with van der Waals surface area (Å²) in [5.41, 5.74) is 2.87. The number of hydroxylamine groups is 1. The van der Waals surface area contributed by atoms with Gasteiger partial charge in [-0.15, -0.1) is 0 Å². The van der Waals surface area contributed by atoms with Crippen molar-refractivity contribution in [1.82, 2.24) is 20.1 Å². The van der Waals surface area contributed by atoms with Crippen LogP contribution in [-0.4, -0.2) is 46.4 Å². The van der Waals surface area contributed by atoms with Crippen molar-refractivity contribution in [2.45, 2.75) is 11.4 Å². The van der Waals surface area contributed by atoms with Crippen molar-refractivity contribution in [3.05, 3.63) is 46.0 Å². The van der Waals surface area contributed by atoms with Gasteiger partial charge >= 0.3 is 0 Å². The zero-order valence-electron chi connectivity index (χ0n) is 14.0. The molecule has 150 valence electrons. The number of aromatic nitrogens is 2. The van der Waals surface area contributed by atoms with Crippen molar-refractivity contribution < 1.29 is 22.6 Å². The fourth-order valence-electron chi connectivity index (χ4n) is 2.39. The SMILES string of the molecule is NS(=O)(=O)N1CCC=C1CSc1nonc1C(=Nc1ccc(F)c(Br)c1)NO. The van der Waals surface area contributed by atoms with Gasteiger partial charge < -0.3 is 0 Å². The van der Waals surface area contributed by atoms with Gasteiger partial charge in [-0.25, -0.2) is 19.2 Å². The normalized spacial score (nSPS) is 15.1. The van der Waals surface area contributed by atoms with Gasteiger partial charge in [0, 0.05) is 18.0 Å². The Kier molecular flexibility index (Phi) is 6.34. The summed E-state index contributed by atoms with van der Waals surface area (Å²) in [6.07, 6.45) is 2.32. The minimum absolute atomic E-state index is 0.0778. The first-order valence-corrected chi connectivity index (χ1v) is 11.0. The summed E-state index contributed by atoms with van der Waals surface area (Å²) in [5, 5.41) is 22.4. The van der Waals surface area contributed by atoms with Gasteiger partial charge in [-0.3, -0.25) is 15.0 Å². The lowest BCUT2D eigenvalue weighted by molar-refractivity contribution is 0.234. The fraction of sp³-hybridized carbons (Fsp3) is 0.214. The van der Waals surface area contributed by atoms with Crippen LogP contribution in [0, 0.1) is 5.82 Å². The largest absolute Gasteiger partial charge is 0.298 e. The molecule has 1 aliphatic heterocycles. The van der Waals surface area contributed by atoms with E-state index in [4.69, 9.17) is 9.77 Å². The molecule has 28 heavy (non-hydrogen) atoms. The smallest absolute Gasteiger partial charge is 0.290 e. The minimum Gasteiger partial charge on any atom is -0.290 e. The topological polar surface area (TPSA) is 147 Å². The Morgan fingerprint density at radius 2 is 2.29 bits per heavy atom. The monoisotopic (exact) mass is 492 g/mol. The van der Waals surface area contributed by atoms with Crippen molar-refractivity contribution in [3.8, 4) is 0 Å². The molecular formula is C14H14BrFN6O4S2. The van der Waals surface area contributed by atoms with E-state index in [-0.39, 0.29) is 33.3 Å². The summed E-state index contributed by atoms with van der Waals surface area (Å²) in [4.78, 5) is 4.16. The van der Waals surface area contributed by atoms with Crippen molar-refractivity contribution in [2.24, 2.45) is 10.1 Å². The number of hydrogen-bond acceptors (Lipinski definition) is 8. The number of nitrogens with two attached hydrogens (primary N) is 1. The van der Waals surface area contributed by atoms with E-state index in [1.54, 1.807) is 6.08 Å². The molecule has 0 radical (unpaired) electrons. The molecule has 0 unspecified atom stereocenters. The number of rotatable bonds is 6. The molecule has 2 heterocycles. The molecule has 0 aliphatic carbocycles. The summed E-state index contributed by atoms with van der Waals surface area (Å²) in [6, 6.07) is 4.04. The van der Waals surface area contributed by atoms with Crippen molar-refractivity contribution in [3.63, 3.8) is 0 Å². The number of aliphatic imine (C=N–C) groups is 1. The minimum atomic E-state index is -3.84. The number of benzene rings is 1. The van der Waals surface area contributed by atoms with Crippen LogP contribution in [0.5, 0.6) is 0 Å². The maximum Gasteiger partial charge on any atom is 0.298 e. The molecule has 0 bridgehead atoms. The van der Waals surface area contributed by atoms with Crippen LogP contribution < -0.4 is 10.6 Å². The molecule has 0 atom stereocenters. The molecule has 1 aromatic carbocycles. The Hall–Kier alpha value is -2.00. The molecule has 10 nitrogen and oxygen atoms in total. The van der Waals surface area contributed by atoms with E-state index in [2.05, 4.69) is 31.2 Å². The number of halogens is 2. The zero-order chi connectivity index (χ0) is 20.3. The molecule has 3 rings (SSSR count). The second-order valence-corrected chi connectivity index (χ2v) is 8.77. The molecule has 2 aromatic rings. The molecule has 14 heteroatoms. The lowest BCUT2D eigenvalue weighted by Gasteiger charge is -2.18. The molecule has 4 N–H and O–H groups in total. The summed E-state index contributed by atoms with van der Waals surface area (Å²) < 4.78 is 42.6. The van der Waals surface area contributed by atoms with Gasteiger partial charge in [-0.1, -0.05) is 17.8 Å². The highest BCUT2D eigenvalue weighted by Crippen LogP contribution is 2.28.